The van der Waals surface area contributed by atoms with E-state index < -0.39 is 0 Å². The summed E-state index contributed by atoms with van der Waals surface area (Å²) in [5.74, 6) is 2.65. The van der Waals surface area contributed by atoms with Crippen LogP contribution in [0.1, 0.15) is 31.4 Å². The average Bonchev–Trinajstić information content (AvgIpc) is 3.13. The fraction of sp³-hybridized carbons (Fsp3) is 0.550. The van der Waals surface area contributed by atoms with Crippen LogP contribution in [0.3, 0.4) is 0 Å². The fourth-order valence-electron chi connectivity index (χ4n) is 4.17. The smallest absolute Gasteiger partial charge is 0.330 e. The molecule has 144 valence electrons. The van der Waals surface area contributed by atoms with E-state index in [0.717, 1.165) is 56.1 Å². The number of imidazole rings is 1. The molecule has 3 heterocycles. The third kappa shape index (κ3) is 3.43. The van der Waals surface area contributed by atoms with Crippen LogP contribution in [0.5, 0.6) is 0 Å². The number of hydrogen-bond donors (Lipinski definition) is 0. The third-order valence-corrected chi connectivity index (χ3v) is 5.82. The molecule has 7 nitrogen and oxygen atoms in total. The zero-order valence-corrected chi connectivity index (χ0v) is 16.4. The summed E-state index contributed by atoms with van der Waals surface area (Å²) in [6.07, 6.45) is 3.17. The van der Waals surface area contributed by atoms with Gasteiger partial charge in [-0.25, -0.2) is 14.5 Å². The van der Waals surface area contributed by atoms with Crippen LogP contribution in [0.2, 0.25) is 0 Å². The predicted molar refractivity (Wildman–Crippen MR) is 106 cm³/mol. The van der Waals surface area contributed by atoms with Crippen LogP contribution in [0.4, 0.5) is 0 Å². The maximum Gasteiger partial charge on any atom is 0.345 e. The molecule has 2 aromatic heterocycles. The Morgan fingerprint density at radius 2 is 1.85 bits per heavy atom. The molecule has 0 bridgehead atoms. The molecular weight excluding hydrogens is 340 g/mol. The summed E-state index contributed by atoms with van der Waals surface area (Å²) in [6.45, 7) is 5.72. The predicted octanol–water partition coefficient (Wildman–Crippen LogP) is 1.94. The van der Waals surface area contributed by atoms with Crippen LogP contribution >= 0.6 is 0 Å². The summed E-state index contributed by atoms with van der Waals surface area (Å²) in [5, 5.41) is 4.44. The quantitative estimate of drug-likeness (QED) is 0.691. The molecule has 1 aliphatic heterocycles. The molecule has 1 fully saturated rings. The normalized spacial score (nSPS) is 16.4. The van der Waals surface area contributed by atoms with Gasteiger partial charge >= 0.3 is 5.69 Å². The molecule has 1 saturated heterocycles. The first-order valence-corrected chi connectivity index (χ1v) is 9.82. The second kappa shape index (κ2) is 7.31. The molecule has 0 atom stereocenters. The molecule has 0 saturated carbocycles. The van der Waals surface area contributed by atoms with Crippen LogP contribution in [0, 0.1) is 5.92 Å². The largest absolute Gasteiger partial charge is 0.345 e. The van der Waals surface area contributed by atoms with E-state index in [4.69, 9.17) is 4.98 Å². The van der Waals surface area contributed by atoms with E-state index in [0.29, 0.717) is 12.5 Å². The highest BCUT2D eigenvalue weighted by Gasteiger charge is 2.23. The summed E-state index contributed by atoms with van der Waals surface area (Å²) in [6, 6.07) is 8.30. The maximum atomic E-state index is 12.1. The lowest BCUT2D eigenvalue weighted by atomic mass is 9.93. The first-order valence-electron chi connectivity index (χ1n) is 9.82. The molecule has 7 heteroatoms. The van der Waals surface area contributed by atoms with Crippen LogP contribution in [-0.4, -0.2) is 41.9 Å². The van der Waals surface area contributed by atoms with Gasteiger partial charge in [0.25, 0.3) is 0 Å². The SMILES string of the molecule is CCn1c(CC2CCN(Cc3nc4ccccc4n3C)CC2)nn(C)c1=O. The molecule has 0 unspecified atom stereocenters. The Balaban J connectivity index is 1.38. The van der Waals surface area contributed by atoms with Gasteiger partial charge in [0.2, 0.25) is 0 Å². The van der Waals surface area contributed by atoms with Crippen molar-refractivity contribution in [2.24, 2.45) is 20.0 Å². The Bertz CT molecular complexity index is 990. The molecule has 0 aliphatic carbocycles. The number of benzene rings is 1. The monoisotopic (exact) mass is 368 g/mol. The number of aromatic nitrogens is 5. The van der Waals surface area contributed by atoms with Gasteiger partial charge < -0.3 is 4.57 Å². The number of aryl methyl sites for hydroxylation is 2. The molecular formula is C20H28N6O. The third-order valence-electron chi connectivity index (χ3n) is 5.82. The number of para-hydroxylation sites is 2. The van der Waals surface area contributed by atoms with Crippen molar-refractivity contribution in [3.63, 3.8) is 0 Å². The molecule has 1 aromatic carbocycles. The molecule has 0 spiro atoms. The highest BCUT2D eigenvalue weighted by Crippen LogP contribution is 2.23. The lowest BCUT2D eigenvalue weighted by molar-refractivity contribution is 0.170. The first kappa shape index (κ1) is 18.0. The van der Waals surface area contributed by atoms with E-state index in [9.17, 15) is 4.79 Å². The molecule has 0 radical (unpaired) electrons. The number of likely N-dealkylation sites (tertiary alicyclic amines) is 1. The minimum absolute atomic E-state index is 0.00761. The topological polar surface area (TPSA) is 60.9 Å². The van der Waals surface area contributed by atoms with Crippen LogP contribution in [-0.2, 0) is 33.6 Å². The molecule has 27 heavy (non-hydrogen) atoms. The Labute approximate surface area is 159 Å². The van der Waals surface area contributed by atoms with Gasteiger partial charge in [0, 0.05) is 27.1 Å². The lowest BCUT2D eigenvalue weighted by Crippen LogP contribution is -2.35. The standard InChI is InChI=1S/C20H28N6O/c1-4-26-18(22-24(3)20(26)27)13-15-9-11-25(12-10-15)14-19-21-16-7-5-6-8-17(16)23(19)2/h5-8,15H,4,9-14H2,1-3H3. The number of piperidine rings is 1. The zero-order valence-electron chi connectivity index (χ0n) is 16.4. The number of fused-ring (bicyclic) bond motifs is 1. The van der Waals surface area contributed by atoms with Crippen molar-refractivity contribution in [1.82, 2.24) is 28.8 Å². The summed E-state index contributed by atoms with van der Waals surface area (Å²) >= 11 is 0. The van der Waals surface area contributed by atoms with E-state index in [2.05, 4.69) is 39.8 Å². The van der Waals surface area contributed by atoms with Gasteiger partial charge in [-0.2, -0.15) is 5.10 Å². The van der Waals surface area contributed by atoms with E-state index in [1.165, 1.54) is 10.2 Å². The molecule has 1 aliphatic rings. The molecule has 3 aromatic rings. The van der Waals surface area contributed by atoms with Crippen molar-refractivity contribution in [2.75, 3.05) is 13.1 Å². The Kier molecular flexibility index (Phi) is 4.86. The van der Waals surface area contributed by atoms with E-state index in [1.54, 1.807) is 11.6 Å². The summed E-state index contributed by atoms with van der Waals surface area (Å²) in [5.41, 5.74) is 2.25. The van der Waals surface area contributed by atoms with Gasteiger partial charge in [-0.05, 0) is 50.9 Å². The first-order chi connectivity index (χ1) is 13.1. The average molecular weight is 368 g/mol. The van der Waals surface area contributed by atoms with Crippen LogP contribution < -0.4 is 5.69 Å². The van der Waals surface area contributed by atoms with Gasteiger partial charge in [0.15, 0.2) is 0 Å². The van der Waals surface area contributed by atoms with Crippen molar-refractivity contribution in [2.45, 2.75) is 39.3 Å². The Hall–Kier alpha value is -2.41. The van der Waals surface area contributed by atoms with Crippen molar-refractivity contribution in [3.05, 3.63) is 46.4 Å². The summed E-state index contributed by atoms with van der Waals surface area (Å²) in [7, 11) is 3.83. The van der Waals surface area contributed by atoms with Crippen molar-refractivity contribution < 1.29 is 0 Å². The van der Waals surface area contributed by atoms with E-state index >= 15 is 0 Å². The van der Waals surface area contributed by atoms with Crippen LogP contribution in [0.25, 0.3) is 11.0 Å². The van der Waals surface area contributed by atoms with Gasteiger partial charge in [0.1, 0.15) is 11.6 Å². The lowest BCUT2D eigenvalue weighted by Gasteiger charge is -2.31. The van der Waals surface area contributed by atoms with Crippen molar-refractivity contribution in [1.29, 1.82) is 0 Å². The summed E-state index contributed by atoms with van der Waals surface area (Å²) < 4.78 is 5.46. The van der Waals surface area contributed by atoms with Crippen LogP contribution in [0.15, 0.2) is 29.1 Å². The van der Waals surface area contributed by atoms with E-state index in [1.807, 2.05) is 13.0 Å². The van der Waals surface area contributed by atoms with Crippen molar-refractivity contribution >= 4 is 11.0 Å². The zero-order chi connectivity index (χ0) is 19.0. The fourth-order valence-corrected chi connectivity index (χ4v) is 4.17. The highest BCUT2D eigenvalue weighted by atomic mass is 16.2. The van der Waals surface area contributed by atoms with E-state index in [-0.39, 0.29) is 5.69 Å². The van der Waals surface area contributed by atoms with Gasteiger partial charge in [0.05, 0.1) is 17.6 Å². The molecule has 0 N–H and O–H groups in total. The minimum atomic E-state index is -0.00761. The minimum Gasteiger partial charge on any atom is -0.330 e. The highest BCUT2D eigenvalue weighted by molar-refractivity contribution is 5.75. The second-order valence-corrected chi connectivity index (χ2v) is 7.57. The Morgan fingerprint density at radius 3 is 2.56 bits per heavy atom. The van der Waals surface area contributed by atoms with Crippen molar-refractivity contribution in [3.8, 4) is 0 Å². The second-order valence-electron chi connectivity index (χ2n) is 7.57. The maximum absolute atomic E-state index is 12.1. The van der Waals surface area contributed by atoms with Gasteiger partial charge in [-0.3, -0.25) is 9.47 Å². The molecule has 4 rings (SSSR count). The number of rotatable bonds is 5. The number of nitrogens with zero attached hydrogens (tertiary/aromatic N) is 6. The van der Waals surface area contributed by atoms with Gasteiger partial charge in [-0.15, -0.1) is 0 Å². The number of hydrogen-bond acceptors (Lipinski definition) is 4. The molecule has 0 amide bonds. The summed E-state index contributed by atoms with van der Waals surface area (Å²) in [4.78, 5) is 19.4. The van der Waals surface area contributed by atoms with Gasteiger partial charge in [-0.1, -0.05) is 12.1 Å². The Morgan fingerprint density at radius 1 is 1.11 bits per heavy atom.